The van der Waals surface area contributed by atoms with E-state index in [2.05, 4.69) is 10.5 Å². The van der Waals surface area contributed by atoms with Gasteiger partial charge >= 0.3 is 0 Å². The first kappa shape index (κ1) is 16.6. The van der Waals surface area contributed by atoms with Crippen LogP contribution in [0.3, 0.4) is 0 Å². The number of aromatic hydroxyl groups is 2. The first-order chi connectivity index (χ1) is 11.0. The van der Waals surface area contributed by atoms with Crippen LogP contribution in [0.1, 0.15) is 11.1 Å². The summed E-state index contributed by atoms with van der Waals surface area (Å²) >= 11 is 5.91. The molecule has 0 atom stereocenters. The molecule has 3 N–H and O–H groups in total. The van der Waals surface area contributed by atoms with Crippen molar-refractivity contribution in [1.29, 1.82) is 0 Å². The predicted molar refractivity (Wildman–Crippen MR) is 87.2 cm³/mol. The van der Waals surface area contributed by atoms with Crippen molar-refractivity contribution in [3.63, 3.8) is 0 Å². The Morgan fingerprint density at radius 1 is 1.35 bits per heavy atom. The third kappa shape index (κ3) is 4.62. The lowest BCUT2D eigenvalue weighted by molar-refractivity contribution is -0.123. The summed E-state index contributed by atoms with van der Waals surface area (Å²) in [5.41, 5.74) is 3.30. The fraction of sp³-hybridized carbons (Fsp3) is 0.125. The van der Waals surface area contributed by atoms with Crippen molar-refractivity contribution in [1.82, 2.24) is 5.43 Å². The summed E-state index contributed by atoms with van der Waals surface area (Å²) < 4.78 is 5.26. The van der Waals surface area contributed by atoms with E-state index in [0.717, 1.165) is 0 Å². The fourth-order valence-corrected chi connectivity index (χ4v) is 2.03. The highest BCUT2D eigenvalue weighted by Crippen LogP contribution is 2.25. The molecule has 23 heavy (non-hydrogen) atoms. The zero-order valence-electron chi connectivity index (χ0n) is 12.3. The lowest BCUT2D eigenvalue weighted by atomic mass is 10.1. The van der Waals surface area contributed by atoms with Crippen molar-refractivity contribution in [3.05, 3.63) is 52.5 Å². The smallest absolute Gasteiger partial charge is 0.277 e. The number of carbonyl (C=O) groups excluding carboxylic acids is 1. The topological polar surface area (TPSA) is 91.1 Å². The Morgan fingerprint density at radius 3 is 2.78 bits per heavy atom. The molecule has 0 spiro atoms. The van der Waals surface area contributed by atoms with E-state index in [4.69, 9.17) is 16.3 Å². The summed E-state index contributed by atoms with van der Waals surface area (Å²) in [7, 11) is 0. The highest BCUT2D eigenvalue weighted by molar-refractivity contribution is 6.32. The van der Waals surface area contributed by atoms with Gasteiger partial charge in [-0.25, -0.2) is 5.43 Å². The first-order valence-electron chi connectivity index (χ1n) is 6.69. The van der Waals surface area contributed by atoms with Crippen LogP contribution in [0.15, 0.2) is 41.5 Å². The van der Waals surface area contributed by atoms with Gasteiger partial charge in [0.25, 0.3) is 5.91 Å². The van der Waals surface area contributed by atoms with Gasteiger partial charge in [-0.2, -0.15) is 5.10 Å². The van der Waals surface area contributed by atoms with Gasteiger partial charge in [0.1, 0.15) is 17.2 Å². The number of hydrogen-bond acceptors (Lipinski definition) is 5. The molecule has 0 aliphatic carbocycles. The molecule has 0 aromatic heterocycles. The van der Waals surface area contributed by atoms with Crippen molar-refractivity contribution in [2.24, 2.45) is 5.10 Å². The third-order valence-electron chi connectivity index (χ3n) is 2.93. The number of ether oxygens (including phenoxy) is 1. The van der Waals surface area contributed by atoms with Crippen LogP contribution < -0.4 is 10.2 Å². The van der Waals surface area contributed by atoms with Crippen LogP contribution in [0.4, 0.5) is 0 Å². The second-order valence-electron chi connectivity index (χ2n) is 4.71. The van der Waals surface area contributed by atoms with Crippen LogP contribution in [-0.2, 0) is 4.79 Å². The molecule has 0 aliphatic rings. The van der Waals surface area contributed by atoms with Crippen LogP contribution >= 0.6 is 11.6 Å². The number of rotatable bonds is 5. The monoisotopic (exact) mass is 334 g/mol. The summed E-state index contributed by atoms with van der Waals surface area (Å²) in [6, 6.07) is 9.47. The molecule has 2 aromatic carbocycles. The molecule has 0 bridgehead atoms. The molecule has 0 unspecified atom stereocenters. The van der Waals surface area contributed by atoms with E-state index in [1.54, 1.807) is 31.2 Å². The standard InChI is InChI=1S/C16H15ClN2O4/c1-10-6-11(20)7-14(21)12(10)8-18-19-16(22)9-23-15-5-3-2-4-13(15)17/h2-8,20-21H,9H2,1H3,(H,19,22)/b18-8+. The molecule has 0 saturated carbocycles. The van der Waals surface area contributed by atoms with Gasteiger partial charge < -0.3 is 14.9 Å². The number of nitrogens with zero attached hydrogens (tertiary/aromatic N) is 1. The largest absolute Gasteiger partial charge is 0.508 e. The van der Waals surface area contributed by atoms with E-state index in [9.17, 15) is 15.0 Å². The van der Waals surface area contributed by atoms with Crippen LogP contribution in [-0.4, -0.2) is 28.9 Å². The maximum atomic E-state index is 11.6. The minimum atomic E-state index is -0.475. The average Bonchev–Trinajstić information content (AvgIpc) is 2.49. The van der Waals surface area contributed by atoms with Gasteiger partial charge in [0, 0.05) is 11.6 Å². The molecule has 0 aliphatic heterocycles. The second kappa shape index (κ2) is 7.51. The molecule has 0 fully saturated rings. The molecular formula is C16H15ClN2O4. The fourth-order valence-electron chi connectivity index (χ4n) is 1.84. The van der Waals surface area contributed by atoms with E-state index in [-0.39, 0.29) is 18.1 Å². The van der Waals surface area contributed by atoms with Gasteiger partial charge in [-0.15, -0.1) is 0 Å². The molecule has 0 saturated heterocycles. The van der Waals surface area contributed by atoms with E-state index < -0.39 is 5.91 Å². The third-order valence-corrected chi connectivity index (χ3v) is 3.24. The van der Waals surface area contributed by atoms with E-state index in [0.29, 0.717) is 21.9 Å². The van der Waals surface area contributed by atoms with Crippen LogP contribution in [0.2, 0.25) is 5.02 Å². The maximum Gasteiger partial charge on any atom is 0.277 e. The number of aryl methyl sites for hydroxylation is 1. The molecule has 0 radical (unpaired) electrons. The second-order valence-corrected chi connectivity index (χ2v) is 5.11. The molecule has 2 aromatic rings. The molecule has 0 heterocycles. The van der Waals surface area contributed by atoms with Crippen LogP contribution in [0, 0.1) is 6.92 Å². The lowest BCUT2D eigenvalue weighted by Gasteiger charge is -2.07. The van der Waals surface area contributed by atoms with Crippen molar-refractivity contribution in [3.8, 4) is 17.2 Å². The number of hydrazone groups is 1. The van der Waals surface area contributed by atoms with Crippen molar-refractivity contribution in [2.75, 3.05) is 6.61 Å². The summed E-state index contributed by atoms with van der Waals surface area (Å²) in [5.74, 6) is -0.250. The van der Waals surface area contributed by atoms with Crippen molar-refractivity contribution in [2.45, 2.75) is 6.92 Å². The average molecular weight is 335 g/mol. The normalized spacial score (nSPS) is 10.7. The van der Waals surface area contributed by atoms with Crippen LogP contribution in [0.5, 0.6) is 17.2 Å². The van der Waals surface area contributed by atoms with Gasteiger partial charge in [-0.05, 0) is 30.7 Å². The predicted octanol–water partition coefficient (Wildman–Crippen LogP) is 2.59. The van der Waals surface area contributed by atoms with Gasteiger partial charge in [-0.1, -0.05) is 23.7 Å². The number of nitrogens with one attached hydrogen (secondary N) is 1. The van der Waals surface area contributed by atoms with E-state index in [1.807, 2.05) is 0 Å². The SMILES string of the molecule is Cc1cc(O)cc(O)c1/C=N/NC(=O)COc1ccccc1Cl. The van der Waals surface area contributed by atoms with E-state index in [1.165, 1.54) is 18.3 Å². The number of phenolic OH excluding ortho intramolecular Hbond substituents is 2. The Balaban J connectivity index is 1.91. The highest BCUT2D eigenvalue weighted by atomic mass is 35.5. The Labute approximate surface area is 138 Å². The number of phenols is 2. The van der Waals surface area contributed by atoms with Gasteiger partial charge in [0.15, 0.2) is 6.61 Å². The van der Waals surface area contributed by atoms with Gasteiger partial charge in [-0.3, -0.25) is 4.79 Å². The Kier molecular flexibility index (Phi) is 5.43. The molecule has 7 heteroatoms. The number of hydrogen-bond donors (Lipinski definition) is 3. The molecular weight excluding hydrogens is 320 g/mol. The number of para-hydroxylation sites is 1. The zero-order chi connectivity index (χ0) is 16.8. The number of benzene rings is 2. The summed E-state index contributed by atoms with van der Waals surface area (Å²) in [4.78, 5) is 11.6. The molecule has 2 rings (SSSR count). The Morgan fingerprint density at radius 2 is 2.09 bits per heavy atom. The van der Waals surface area contributed by atoms with E-state index >= 15 is 0 Å². The van der Waals surface area contributed by atoms with Crippen molar-refractivity contribution >= 4 is 23.7 Å². The minimum absolute atomic E-state index is 0.0469. The molecule has 1 amide bonds. The summed E-state index contributed by atoms with van der Waals surface area (Å²) in [6.45, 7) is 1.45. The lowest BCUT2D eigenvalue weighted by Crippen LogP contribution is -2.24. The summed E-state index contributed by atoms with van der Waals surface area (Å²) in [6.07, 6.45) is 1.29. The molecule has 6 nitrogen and oxygen atoms in total. The number of amides is 1. The zero-order valence-corrected chi connectivity index (χ0v) is 13.0. The van der Waals surface area contributed by atoms with Crippen molar-refractivity contribution < 1.29 is 19.7 Å². The number of halogens is 1. The Hall–Kier alpha value is -2.73. The first-order valence-corrected chi connectivity index (χ1v) is 7.07. The van der Waals surface area contributed by atoms with Gasteiger partial charge in [0.2, 0.25) is 0 Å². The minimum Gasteiger partial charge on any atom is -0.508 e. The Bertz CT molecular complexity index is 724. The quantitative estimate of drug-likeness (QED) is 0.579. The molecule has 120 valence electrons. The highest BCUT2D eigenvalue weighted by Gasteiger charge is 2.06. The van der Waals surface area contributed by atoms with Crippen LogP contribution in [0.25, 0.3) is 0 Å². The maximum absolute atomic E-state index is 11.6. The number of carbonyl (C=O) groups is 1. The van der Waals surface area contributed by atoms with Gasteiger partial charge in [0.05, 0.1) is 11.2 Å². The summed E-state index contributed by atoms with van der Waals surface area (Å²) in [5, 5.41) is 23.2.